The molecule has 2 aliphatic heterocycles. The summed E-state index contributed by atoms with van der Waals surface area (Å²) < 4.78 is 13.6. The Morgan fingerprint density at radius 2 is 1.92 bits per heavy atom. The van der Waals surface area contributed by atoms with Crippen molar-refractivity contribution < 1.29 is 4.39 Å². The third-order valence-corrected chi connectivity index (χ3v) is 7.07. The number of halogens is 1. The molecular weight excluding hydrogens is 477 g/mol. The molecule has 8 heteroatoms. The van der Waals surface area contributed by atoms with E-state index in [0.717, 1.165) is 47.8 Å². The Morgan fingerprint density at radius 3 is 2.61 bits per heavy atom. The molecule has 2 aliphatic rings. The molecule has 0 saturated carbocycles. The van der Waals surface area contributed by atoms with Gasteiger partial charge < -0.3 is 9.80 Å². The first-order valence-corrected chi connectivity index (χ1v) is 13.0. The van der Waals surface area contributed by atoms with Crippen LogP contribution in [0.4, 0.5) is 15.8 Å². The highest BCUT2D eigenvalue weighted by Crippen LogP contribution is 2.28. The van der Waals surface area contributed by atoms with E-state index < -0.39 is 0 Å². The molecule has 0 aliphatic carbocycles. The van der Waals surface area contributed by atoms with E-state index in [9.17, 15) is 4.39 Å². The Balaban J connectivity index is 1.53. The molecule has 0 unspecified atom stereocenters. The number of piperidine rings is 1. The lowest BCUT2D eigenvalue weighted by Crippen LogP contribution is -2.43. The van der Waals surface area contributed by atoms with Crippen LogP contribution in [0.2, 0.25) is 0 Å². The van der Waals surface area contributed by atoms with Gasteiger partial charge in [-0.25, -0.2) is 14.4 Å². The number of hydrogen-bond donors (Lipinski definition) is 1. The van der Waals surface area contributed by atoms with Crippen molar-refractivity contribution in [3.05, 3.63) is 90.5 Å². The fraction of sp³-hybridized carbons (Fsp3) is 0.333. The summed E-state index contributed by atoms with van der Waals surface area (Å²) in [5, 5.41) is 1.84. The maximum atomic E-state index is 13.6. The number of anilines is 1. The molecule has 200 valence electrons. The monoisotopic (exact) mass is 515 g/mol. The van der Waals surface area contributed by atoms with Crippen molar-refractivity contribution in [1.82, 2.24) is 20.2 Å². The van der Waals surface area contributed by atoms with Crippen LogP contribution < -0.4 is 10.3 Å². The lowest BCUT2D eigenvalue weighted by molar-refractivity contribution is 0.154. The number of likely N-dealkylation sites (tertiary alicyclic amines) is 1. The van der Waals surface area contributed by atoms with Gasteiger partial charge in [-0.15, -0.1) is 0 Å². The average Bonchev–Trinajstić information content (AvgIpc) is 2.92. The second-order valence-electron chi connectivity index (χ2n) is 9.89. The van der Waals surface area contributed by atoms with Crippen molar-refractivity contribution >= 4 is 29.6 Å². The molecule has 1 saturated heterocycles. The van der Waals surface area contributed by atoms with Crippen LogP contribution in [0, 0.1) is 5.82 Å². The van der Waals surface area contributed by atoms with Crippen molar-refractivity contribution in [1.29, 1.82) is 0 Å². The fourth-order valence-corrected chi connectivity index (χ4v) is 4.90. The van der Waals surface area contributed by atoms with Crippen LogP contribution in [-0.4, -0.2) is 73.8 Å². The molecule has 1 fully saturated rings. The number of nitrogens with one attached hydrogen (secondary N) is 1. The molecular formula is C30H38FN7. The van der Waals surface area contributed by atoms with Gasteiger partial charge in [0, 0.05) is 38.1 Å². The van der Waals surface area contributed by atoms with Crippen LogP contribution in [-0.2, 0) is 6.54 Å². The van der Waals surface area contributed by atoms with Gasteiger partial charge >= 0.3 is 0 Å². The Bertz CT molecular complexity index is 1220. The van der Waals surface area contributed by atoms with E-state index in [1.54, 1.807) is 24.7 Å². The third kappa shape index (κ3) is 6.76. The van der Waals surface area contributed by atoms with Crippen molar-refractivity contribution in [3.63, 3.8) is 0 Å². The summed E-state index contributed by atoms with van der Waals surface area (Å²) in [5.41, 5.74) is 7.60. The van der Waals surface area contributed by atoms with Gasteiger partial charge in [-0.2, -0.15) is 0 Å². The first kappa shape index (κ1) is 27.3. The summed E-state index contributed by atoms with van der Waals surface area (Å²) in [6, 6.07) is 13.3. The zero-order valence-electron chi connectivity index (χ0n) is 22.6. The Kier molecular flexibility index (Phi) is 9.10. The predicted octanol–water partition coefficient (Wildman–Crippen LogP) is 5.04. The quantitative estimate of drug-likeness (QED) is 0.507. The molecule has 2 heterocycles. The van der Waals surface area contributed by atoms with Crippen LogP contribution in [0.3, 0.4) is 0 Å². The van der Waals surface area contributed by atoms with Gasteiger partial charge in [-0.1, -0.05) is 31.4 Å². The van der Waals surface area contributed by atoms with Gasteiger partial charge in [-0.05, 0) is 87.6 Å². The second-order valence-corrected chi connectivity index (χ2v) is 9.89. The number of benzene rings is 2. The zero-order valence-corrected chi connectivity index (χ0v) is 22.6. The standard InChI is InChI=1S/C30H38FN7/c1-6-24-20-26(11-12-28(24)36(5)21-23-9-8-10-25(31)19-23)34-30-29(38(7-2)33-22-32-30)15-18-37-16-13-27(14-17-37)35(3)4/h6-12,15,19-20,22,27H,1-2,13-14,16-18,21H2,3-5H3,(H,32,33,34)/b29-15+. The van der Waals surface area contributed by atoms with Crippen LogP contribution in [0.5, 0.6) is 0 Å². The van der Waals surface area contributed by atoms with E-state index >= 15 is 0 Å². The lowest BCUT2D eigenvalue weighted by Gasteiger charge is -2.35. The third-order valence-electron chi connectivity index (χ3n) is 7.07. The minimum atomic E-state index is -0.232. The van der Waals surface area contributed by atoms with Crippen LogP contribution >= 0.6 is 0 Å². The molecule has 2 aromatic carbocycles. The molecule has 38 heavy (non-hydrogen) atoms. The van der Waals surface area contributed by atoms with E-state index in [1.807, 2.05) is 42.4 Å². The number of aliphatic imine (C=N–C) groups is 2. The van der Waals surface area contributed by atoms with Crippen LogP contribution in [0.25, 0.3) is 6.08 Å². The molecule has 0 radical (unpaired) electrons. The summed E-state index contributed by atoms with van der Waals surface area (Å²) in [5.74, 6) is 0.381. The summed E-state index contributed by atoms with van der Waals surface area (Å²) in [6.07, 6.45) is 9.67. The van der Waals surface area contributed by atoms with E-state index in [0.29, 0.717) is 18.4 Å². The van der Waals surface area contributed by atoms with Gasteiger partial charge in [0.1, 0.15) is 17.9 Å². The summed E-state index contributed by atoms with van der Waals surface area (Å²) in [7, 11) is 6.30. The normalized spacial score (nSPS) is 18.7. The Morgan fingerprint density at radius 1 is 1.13 bits per heavy atom. The number of amidine groups is 1. The molecule has 0 amide bonds. The first-order valence-electron chi connectivity index (χ1n) is 13.0. The summed E-state index contributed by atoms with van der Waals surface area (Å²) in [4.78, 5) is 16.3. The van der Waals surface area contributed by atoms with Gasteiger partial charge in [0.25, 0.3) is 0 Å². The first-order chi connectivity index (χ1) is 18.4. The molecule has 2 aromatic rings. The van der Waals surface area contributed by atoms with Gasteiger partial charge in [0.05, 0.1) is 5.69 Å². The molecule has 7 nitrogen and oxygen atoms in total. The molecule has 0 aromatic heterocycles. The Labute approximate surface area is 225 Å². The smallest absolute Gasteiger partial charge is 0.179 e. The highest BCUT2D eigenvalue weighted by molar-refractivity contribution is 6.05. The van der Waals surface area contributed by atoms with Crippen LogP contribution in [0.15, 0.2) is 83.6 Å². The van der Waals surface area contributed by atoms with E-state index in [-0.39, 0.29) is 5.82 Å². The fourth-order valence-electron chi connectivity index (χ4n) is 4.90. The highest BCUT2D eigenvalue weighted by atomic mass is 19.1. The number of hydrogen-bond acceptors (Lipinski definition) is 6. The Hall–Kier alpha value is -3.75. The second kappa shape index (κ2) is 12.7. The number of nitrogens with zero attached hydrogens (tertiary/aromatic N) is 6. The summed E-state index contributed by atoms with van der Waals surface area (Å²) in [6.45, 7) is 11.5. The van der Waals surface area contributed by atoms with E-state index in [2.05, 4.69) is 58.4 Å². The van der Waals surface area contributed by atoms with Crippen molar-refractivity contribution in [2.45, 2.75) is 25.4 Å². The van der Waals surface area contributed by atoms with E-state index in [4.69, 9.17) is 4.99 Å². The van der Waals surface area contributed by atoms with E-state index in [1.165, 1.54) is 18.9 Å². The zero-order chi connectivity index (χ0) is 27.1. The van der Waals surface area contributed by atoms with Crippen LogP contribution in [0.1, 0.15) is 24.0 Å². The minimum absolute atomic E-state index is 0.232. The van der Waals surface area contributed by atoms with Gasteiger partial charge in [-0.3, -0.25) is 15.3 Å². The van der Waals surface area contributed by atoms with Crippen molar-refractivity contribution in [3.8, 4) is 0 Å². The van der Waals surface area contributed by atoms with Crippen molar-refractivity contribution in [2.24, 2.45) is 9.98 Å². The SMILES string of the molecule is C=Cc1cc(N=C2N=CNN(C=C)/C2=C/CN2CCC(N(C)C)CC2)ccc1N(C)Cc1cccc(F)c1. The molecule has 1 N–H and O–H groups in total. The largest absolute Gasteiger partial charge is 0.370 e. The average molecular weight is 516 g/mol. The molecule has 4 rings (SSSR count). The van der Waals surface area contributed by atoms with Crippen molar-refractivity contribution in [2.75, 3.05) is 45.7 Å². The minimum Gasteiger partial charge on any atom is -0.370 e. The predicted molar refractivity (Wildman–Crippen MR) is 157 cm³/mol. The maximum absolute atomic E-state index is 13.6. The lowest BCUT2D eigenvalue weighted by atomic mass is 10.0. The number of rotatable bonds is 9. The maximum Gasteiger partial charge on any atom is 0.179 e. The highest BCUT2D eigenvalue weighted by Gasteiger charge is 2.22. The molecule has 0 spiro atoms. The topological polar surface area (TPSA) is 49.7 Å². The van der Waals surface area contributed by atoms with Gasteiger partial charge in [0.2, 0.25) is 0 Å². The summed E-state index contributed by atoms with van der Waals surface area (Å²) >= 11 is 0. The van der Waals surface area contributed by atoms with Gasteiger partial charge in [0.15, 0.2) is 5.84 Å². The number of hydrazine groups is 1. The molecule has 0 bridgehead atoms. The molecule has 0 atom stereocenters.